The Balaban J connectivity index is 1.54. The zero-order valence-corrected chi connectivity index (χ0v) is 27.2. The van der Waals surface area contributed by atoms with Gasteiger partial charge >= 0.3 is 23.9 Å². The number of methoxy groups -OCH3 is 1. The van der Waals surface area contributed by atoms with Crippen LogP contribution in [-0.2, 0) is 47.6 Å². The van der Waals surface area contributed by atoms with Crippen LogP contribution in [0.4, 0.5) is 0 Å². The van der Waals surface area contributed by atoms with Crippen molar-refractivity contribution in [2.75, 3.05) is 13.7 Å². The lowest BCUT2D eigenvalue weighted by Crippen LogP contribution is -2.71. The number of carbonyl (C=O) groups is 4. The molecule has 3 heterocycles. The summed E-state index contributed by atoms with van der Waals surface area (Å²) in [7, 11) is 1.36. The van der Waals surface area contributed by atoms with Crippen molar-refractivity contribution in [2.24, 2.45) is 34.0 Å². The molecule has 246 valence electrons. The van der Waals surface area contributed by atoms with E-state index in [0.29, 0.717) is 24.2 Å². The van der Waals surface area contributed by atoms with E-state index in [1.165, 1.54) is 20.1 Å². The predicted octanol–water partition coefficient (Wildman–Crippen LogP) is 3.33. The lowest BCUT2D eigenvalue weighted by atomic mass is 9.40. The molecule has 12 atom stereocenters. The summed E-state index contributed by atoms with van der Waals surface area (Å²) in [5.41, 5.74) is 0.495. The van der Waals surface area contributed by atoms with E-state index in [2.05, 4.69) is 20.8 Å². The summed E-state index contributed by atoms with van der Waals surface area (Å²) in [5, 5.41) is 10.0. The number of carbonyl (C=O) groups excluding carboxylic acids is 4. The van der Waals surface area contributed by atoms with Crippen LogP contribution in [0, 0.1) is 34.0 Å². The van der Waals surface area contributed by atoms with Gasteiger partial charge in [0.1, 0.15) is 12.2 Å². The maximum Gasteiger partial charge on any atom is 0.337 e. The van der Waals surface area contributed by atoms with Crippen LogP contribution in [0.2, 0.25) is 0 Å². The summed E-state index contributed by atoms with van der Waals surface area (Å²) < 4.78 is 36.1. The molecule has 2 saturated heterocycles. The molecule has 11 nitrogen and oxygen atoms in total. The fourth-order valence-electron chi connectivity index (χ4n) is 10.2. The maximum absolute atomic E-state index is 13.4. The van der Waals surface area contributed by atoms with Crippen LogP contribution in [0.1, 0.15) is 67.7 Å². The number of fused-ring (bicyclic) bond motifs is 4. The highest BCUT2D eigenvalue weighted by molar-refractivity contribution is 5.92. The van der Waals surface area contributed by atoms with Crippen molar-refractivity contribution in [1.29, 1.82) is 0 Å². The summed E-state index contributed by atoms with van der Waals surface area (Å²) in [6, 6.07) is 0. The molecule has 0 spiro atoms. The lowest BCUT2D eigenvalue weighted by molar-refractivity contribution is -0.251. The van der Waals surface area contributed by atoms with Crippen LogP contribution in [-0.4, -0.2) is 79.5 Å². The molecular weight excluding hydrogens is 584 g/mol. The van der Waals surface area contributed by atoms with Crippen molar-refractivity contribution in [2.45, 2.75) is 105 Å². The first kappa shape index (κ1) is 31.9. The SMILES string of the molecule is C/C=C(\C)C(=O)O[C@H]1C[C@@H](OC(C)=O)[C@@]2(C)CO[C@H]3[C@H]4O[C@@H]5C[C@@H](C6=C[C@@H](O)OC6=O)C(C)=C5[C@@]4(C)[C@H](CC(=O)OC)[C@]1(C)[C@@H]32. The maximum atomic E-state index is 13.4. The average Bonchev–Trinajstić information content (AvgIpc) is 3.69. The highest BCUT2D eigenvalue weighted by atomic mass is 16.6. The fraction of sp³-hybridized carbons (Fsp3) is 0.706. The van der Waals surface area contributed by atoms with Gasteiger partial charge in [-0.1, -0.05) is 32.4 Å². The van der Waals surface area contributed by atoms with E-state index in [-0.39, 0.29) is 30.8 Å². The second-order valence-corrected chi connectivity index (χ2v) is 14.3. The van der Waals surface area contributed by atoms with Gasteiger partial charge in [0, 0.05) is 59.0 Å². The van der Waals surface area contributed by atoms with Crippen LogP contribution in [0.25, 0.3) is 0 Å². The van der Waals surface area contributed by atoms with Gasteiger partial charge in [-0.25, -0.2) is 9.59 Å². The number of aliphatic hydroxyl groups is 1. The fourth-order valence-corrected chi connectivity index (χ4v) is 10.2. The Morgan fingerprint density at radius 1 is 1.11 bits per heavy atom. The van der Waals surface area contributed by atoms with Gasteiger partial charge in [-0.05, 0) is 44.8 Å². The lowest BCUT2D eigenvalue weighted by Gasteiger charge is -2.65. The van der Waals surface area contributed by atoms with Crippen molar-refractivity contribution in [1.82, 2.24) is 0 Å². The number of esters is 4. The molecule has 2 saturated carbocycles. The molecule has 0 radical (unpaired) electrons. The van der Waals surface area contributed by atoms with Gasteiger partial charge in [-0.2, -0.15) is 0 Å². The first-order valence-corrected chi connectivity index (χ1v) is 15.8. The van der Waals surface area contributed by atoms with Crippen LogP contribution >= 0.6 is 0 Å². The smallest absolute Gasteiger partial charge is 0.337 e. The summed E-state index contributed by atoms with van der Waals surface area (Å²) in [6.45, 7) is 13.3. The molecular formula is C34H44O11. The Bertz CT molecular complexity index is 1430. The zero-order chi connectivity index (χ0) is 32.8. The molecule has 4 fully saturated rings. The monoisotopic (exact) mass is 628 g/mol. The molecule has 0 aromatic rings. The van der Waals surface area contributed by atoms with Gasteiger partial charge in [-0.3, -0.25) is 9.59 Å². The Hall–Kier alpha value is -3.02. The minimum Gasteiger partial charge on any atom is -0.469 e. The molecule has 0 aromatic heterocycles. The Kier molecular flexibility index (Phi) is 7.65. The largest absolute Gasteiger partial charge is 0.469 e. The molecule has 3 aliphatic heterocycles. The second-order valence-electron chi connectivity index (χ2n) is 14.3. The first-order valence-electron chi connectivity index (χ1n) is 15.8. The van der Waals surface area contributed by atoms with Crippen molar-refractivity contribution >= 4 is 23.9 Å². The first-order chi connectivity index (χ1) is 21.1. The Morgan fingerprint density at radius 3 is 2.42 bits per heavy atom. The Labute approximate surface area is 263 Å². The summed E-state index contributed by atoms with van der Waals surface area (Å²) in [6.07, 6.45) is -0.0377. The Morgan fingerprint density at radius 2 is 1.82 bits per heavy atom. The summed E-state index contributed by atoms with van der Waals surface area (Å²) in [5.74, 6) is -2.95. The van der Waals surface area contributed by atoms with Gasteiger partial charge in [0.2, 0.25) is 6.29 Å². The van der Waals surface area contributed by atoms with Crippen LogP contribution in [0.3, 0.4) is 0 Å². The number of aliphatic hydroxyl groups excluding tert-OH is 1. The normalized spacial score (nSPS) is 44.9. The van der Waals surface area contributed by atoms with Gasteiger partial charge in [0.05, 0.1) is 32.0 Å². The molecule has 0 amide bonds. The van der Waals surface area contributed by atoms with Gasteiger partial charge < -0.3 is 33.5 Å². The third-order valence-electron chi connectivity index (χ3n) is 12.2. The van der Waals surface area contributed by atoms with Gasteiger partial charge in [0.25, 0.3) is 0 Å². The van der Waals surface area contributed by atoms with Crippen LogP contribution < -0.4 is 0 Å². The van der Waals surface area contributed by atoms with E-state index in [4.69, 9.17) is 28.4 Å². The molecule has 11 heteroatoms. The van der Waals surface area contributed by atoms with Gasteiger partial charge in [-0.15, -0.1) is 0 Å². The van der Waals surface area contributed by atoms with E-state index < -0.39 is 76.7 Å². The molecule has 6 aliphatic rings. The van der Waals surface area contributed by atoms with Crippen molar-refractivity contribution < 1.29 is 52.7 Å². The third-order valence-corrected chi connectivity index (χ3v) is 12.2. The highest BCUT2D eigenvalue weighted by Crippen LogP contribution is 2.74. The molecule has 0 unspecified atom stereocenters. The standard InChI is InChI=1S/C34H44O11/c1-9-15(2)30(38)44-23-13-22(42-17(4)35)32(5)14-41-27-28(32)33(23,6)21(12-24(36)40-8)34(7)26-16(3)18(10-20(26)43-29(27)34)19-11-25(37)45-31(19)39/h9,11,18,20-23,25,27-29,37H,10,12-14H2,1-8H3/b15-9+/t18-,20-,21-,22-,23+,25+,27-,28+,29-,32-,33+,34-/m1/s1. The minimum absolute atomic E-state index is 0.0230. The van der Waals surface area contributed by atoms with E-state index >= 15 is 0 Å². The van der Waals surface area contributed by atoms with Gasteiger partial charge in [0.15, 0.2) is 0 Å². The number of cyclic esters (lactones) is 1. The van der Waals surface area contributed by atoms with Crippen molar-refractivity contribution in [3.05, 3.63) is 34.4 Å². The molecule has 6 rings (SSSR count). The number of hydrogen-bond acceptors (Lipinski definition) is 11. The van der Waals surface area contributed by atoms with E-state index in [1.807, 2.05) is 6.92 Å². The van der Waals surface area contributed by atoms with Crippen LogP contribution in [0.5, 0.6) is 0 Å². The zero-order valence-electron chi connectivity index (χ0n) is 27.2. The van der Waals surface area contributed by atoms with Crippen molar-refractivity contribution in [3.8, 4) is 0 Å². The molecule has 45 heavy (non-hydrogen) atoms. The second kappa shape index (κ2) is 10.8. The summed E-state index contributed by atoms with van der Waals surface area (Å²) >= 11 is 0. The number of rotatable bonds is 6. The number of hydrogen-bond donors (Lipinski definition) is 1. The van der Waals surface area contributed by atoms with E-state index in [1.54, 1.807) is 19.9 Å². The quantitative estimate of drug-likeness (QED) is 0.200. The topological polar surface area (TPSA) is 144 Å². The predicted molar refractivity (Wildman–Crippen MR) is 157 cm³/mol. The average molecular weight is 629 g/mol. The summed E-state index contributed by atoms with van der Waals surface area (Å²) in [4.78, 5) is 51.7. The molecule has 1 N–H and O–H groups in total. The number of ether oxygens (including phenoxy) is 6. The third kappa shape index (κ3) is 4.40. The van der Waals surface area contributed by atoms with E-state index in [0.717, 1.165) is 11.1 Å². The number of allylic oxidation sites excluding steroid dienone is 2. The molecule has 0 bridgehead atoms. The minimum atomic E-state index is -1.29. The van der Waals surface area contributed by atoms with Crippen LogP contribution in [0.15, 0.2) is 34.4 Å². The van der Waals surface area contributed by atoms with Crippen molar-refractivity contribution in [3.63, 3.8) is 0 Å². The molecule has 0 aromatic carbocycles. The molecule has 3 aliphatic carbocycles. The highest BCUT2D eigenvalue weighted by Gasteiger charge is 2.78. The van der Waals surface area contributed by atoms with E-state index in [9.17, 15) is 24.3 Å².